The third-order valence-corrected chi connectivity index (χ3v) is 4.09. The Morgan fingerprint density at radius 3 is 2.70 bits per heavy atom. The van der Waals surface area contributed by atoms with Gasteiger partial charge in [-0.1, -0.05) is 36.8 Å². The Bertz CT molecular complexity index is 418. The number of nitrogens with one attached hydrogen (secondary N) is 1. The van der Waals surface area contributed by atoms with Crippen molar-refractivity contribution in [1.29, 1.82) is 0 Å². The second-order valence-corrected chi connectivity index (χ2v) is 5.81. The molecule has 1 unspecified atom stereocenters. The smallest absolute Gasteiger partial charge is 0.323 e. The van der Waals surface area contributed by atoms with Gasteiger partial charge in [0.15, 0.2) is 0 Å². The van der Waals surface area contributed by atoms with Crippen molar-refractivity contribution in [3.05, 3.63) is 35.9 Å². The Balaban J connectivity index is 1.99. The van der Waals surface area contributed by atoms with Crippen molar-refractivity contribution in [3.8, 4) is 0 Å². The summed E-state index contributed by atoms with van der Waals surface area (Å²) >= 11 is 0. The molecule has 1 fully saturated rings. The van der Waals surface area contributed by atoms with Crippen molar-refractivity contribution in [1.82, 2.24) is 5.32 Å². The Morgan fingerprint density at radius 2 is 2.00 bits per heavy atom. The largest absolute Gasteiger partial charge is 0.462 e. The zero-order valence-electron chi connectivity index (χ0n) is 12.5. The fourth-order valence-corrected chi connectivity index (χ4v) is 3.04. The zero-order chi connectivity index (χ0) is 14.4. The molecule has 0 amide bonds. The lowest BCUT2D eigenvalue weighted by Crippen LogP contribution is -2.36. The first-order valence-corrected chi connectivity index (χ1v) is 7.60. The van der Waals surface area contributed by atoms with Crippen molar-refractivity contribution in [2.75, 3.05) is 7.05 Å². The van der Waals surface area contributed by atoms with E-state index < -0.39 is 0 Å². The summed E-state index contributed by atoms with van der Waals surface area (Å²) in [6.07, 6.45) is 5.14. The average Bonchev–Trinajstić information content (AvgIpc) is 2.49. The quantitative estimate of drug-likeness (QED) is 0.862. The van der Waals surface area contributed by atoms with Gasteiger partial charge in [-0.2, -0.15) is 0 Å². The number of likely N-dealkylation sites (N-methyl/N-ethyl adjacent to an activating group) is 1. The van der Waals surface area contributed by atoms with E-state index in [-0.39, 0.29) is 18.1 Å². The van der Waals surface area contributed by atoms with E-state index in [1.807, 2.05) is 14.0 Å². The minimum absolute atomic E-state index is 0.00478. The third kappa shape index (κ3) is 4.34. The van der Waals surface area contributed by atoms with E-state index in [0.717, 1.165) is 32.1 Å². The highest BCUT2D eigenvalue weighted by atomic mass is 16.5. The number of carbonyl (C=O) groups is 1. The van der Waals surface area contributed by atoms with Crippen molar-refractivity contribution in [2.45, 2.75) is 51.2 Å². The molecule has 2 rings (SSSR count). The molecule has 1 aromatic carbocycles. The molecule has 0 bridgehead atoms. The third-order valence-electron chi connectivity index (χ3n) is 4.09. The highest BCUT2D eigenvalue weighted by Gasteiger charge is 2.25. The van der Waals surface area contributed by atoms with Gasteiger partial charge in [0.1, 0.15) is 6.04 Å². The molecule has 1 N–H and O–H groups in total. The summed E-state index contributed by atoms with van der Waals surface area (Å²) in [4.78, 5) is 11.9. The first-order chi connectivity index (χ1) is 9.69. The van der Waals surface area contributed by atoms with Gasteiger partial charge in [0.25, 0.3) is 0 Å². The molecule has 0 aromatic heterocycles. The molecule has 0 spiro atoms. The number of rotatable bonds is 3. The molecule has 0 saturated carbocycles. The summed E-state index contributed by atoms with van der Waals surface area (Å²) in [6.45, 7) is 2.01. The second kappa shape index (κ2) is 7.44. The van der Waals surface area contributed by atoms with Gasteiger partial charge in [0, 0.05) is 0 Å². The Morgan fingerprint density at radius 1 is 1.25 bits per heavy atom. The van der Waals surface area contributed by atoms with Crippen LogP contribution in [-0.2, 0) is 16.0 Å². The maximum Gasteiger partial charge on any atom is 0.323 e. The number of benzene rings is 1. The van der Waals surface area contributed by atoms with Gasteiger partial charge in [-0.25, -0.2) is 0 Å². The monoisotopic (exact) mass is 275 g/mol. The topological polar surface area (TPSA) is 38.3 Å². The Hall–Kier alpha value is -1.35. The van der Waals surface area contributed by atoms with E-state index in [1.54, 1.807) is 0 Å². The summed E-state index contributed by atoms with van der Waals surface area (Å²) in [5.74, 6) is 0.496. The van der Waals surface area contributed by atoms with Crippen LogP contribution in [0.3, 0.4) is 0 Å². The lowest BCUT2D eigenvalue weighted by atomic mass is 9.89. The molecule has 0 aliphatic carbocycles. The molecule has 1 aliphatic rings. The van der Waals surface area contributed by atoms with E-state index in [0.29, 0.717) is 5.92 Å². The summed E-state index contributed by atoms with van der Waals surface area (Å²) in [7, 11) is 1.83. The summed E-state index contributed by atoms with van der Waals surface area (Å²) < 4.78 is 5.54. The lowest BCUT2D eigenvalue weighted by molar-refractivity contribution is -0.151. The lowest BCUT2D eigenvalue weighted by Gasteiger charge is -2.20. The standard InChI is InChI=1S/C17H25NO2/c1-13-11-15(12-14-7-4-3-5-8-14)9-6-10-16(18-2)17(19)20-13/h3-5,7-8,13,15-16,18H,6,9-12H2,1-2H3/t13?,15-,16-/m0/s1. The van der Waals surface area contributed by atoms with Crippen LogP contribution in [0.4, 0.5) is 0 Å². The fraction of sp³-hybridized carbons (Fsp3) is 0.588. The number of ether oxygens (including phenoxy) is 1. The summed E-state index contributed by atoms with van der Waals surface area (Å²) in [6, 6.07) is 10.4. The zero-order valence-corrected chi connectivity index (χ0v) is 12.5. The van der Waals surface area contributed by atoms with Crippen LogP contribution in [0.1, 0.15) is 38.2 Å². The minimum atomic E-state index is -0.145. The Kier molecular flexibility index (Phi) is 5.60. The molecule has 0 radical (unpaired) electrons. The molecule has 20 heavy (non-hydrogen) atoms. The van der Waals surface area contributed by atoms with Crippen molar-refractivity contribution in [3.63, 3.8) is 0 Å². The molecule has 1 heterocycles. The van der Waals surface area contributed by atoms with E-state index in [2.05, 4.69) is 35.6 Å². The van der Waals surface area contributed by atoms with E-state index >= 15 is 0 Å². The van der Waals surface area contributed by atoms with Crippen LogP contribution in [0, 0.1) is 5.92 Å². The summed E-state index contributed by atoms with van der Waals surface area (Å²) in [5.41, 5.74) is 1.38. The van der Waals surface area contributed by atoms with Crippen LogP contribution >= 0.6 is 0 Å². The average molecular weight is 275 g/mol. The predicted molar refractivity (Wildman–Crippen MR) is 80.5 cm³/mol. The summed E-state index contributed by atoms with van der Waals surface area (Å²) in [5, 5.41) is 3.06. The van der Waals surface area contributed by atoms with Gasteiger partial charge >= 0.3 is 5.97 Å². The number of hydrogen-bond acceptors (Lipinski definition) is 3. The highest BCUT2D eigenvalue weighted by Crippen LogP contribution is 2.24. The first-order valence-electron chi connectivity index (χ1n) is 7.60. The van der Waals surface area contributed by atoms with Crippen LogP contribution in [-0.4, -0.2) is 25.2 Å². The van der Waals surface area contributed by atoms with Gasteiger partial charge < -0.3 is 10.1 Å². The van der Waals surface area contributed by atoms with Gasteiger partial charge in [0.05, 0.1) is 6.10 Å². The fourth-order valence-electron chi connectivity index (χ4n) is 3.04. The normalized spacial score (nSPS) is 28.1. The number of hydrogen-bond donors (Lipinski definition) is 1. The SMILES string of the molecule is CN[C@H]1CCC[C@H](Cc2ccccc2)CC(C)OC1=O. The van der Waals surface area contributed by atoms with E-state index in [1.165, 1.54) is 5.56 Å². The molecule has 1 saturated heterocycles. The van der Waals surface area contributed by atoms with E-state index in [4.69, 9.17) is 4.74 Å². The van der Waals surface area contributed by atoms with Crippen molar-refractivity contribution in [2.24, 2.45) is 5.92 Å². The molecule has 3 atom stereocenters. The Labute approximate surface area is 121 Å². The maximum absolute atomic E-state index is 11.9. The first kappa shape index (κ1) is 15.0. The molecular weight excluding hydrogens is 250 g/mol. The molecule has 110 valence electrons. The maximum atomic E-state index is 11.9. The minimum Gasteiger partial charge on any atom is -0.462 e. The molecule has 1 aromatic rings. The van der Waals surface area contributed by atoms with Crippen LogP contribution in [0.5, 0.6) is 0 Å². The van der Waals surface area contributed by atoms with Crippen LogP contribution in [0.25, 0.3) is 0 Å². The molecule has 3 nitrogen and oxygen atoms in total. The van der Waals surface area contributed by atoms with Gasteiger partial charge in [-0.05, 0) is 51.1 Å². The van der Waals surface area contributed by atoms with Gasteiger partial charge in [0.2, 0.25) is 0 Å². The molecule has 3 heteroatoms. The molecule has 1 aliphatic heterocycles. The number of cyclic esters (lactones) is 1. The number of esters is 1. The van der Waals surface area contributed by atoms with Crippen molar-refractivity contribution < 1.29 is 9.53 Å². The van der Waals surface area contributed by atoms with Crippen LogP contribution in [0.2, 0.25) is 0 Å². The number of carbonyl (C=O) groups excluding carboxylic acids is 1. The second-order valence-electron chi connectivity index (χ2n) is 5.81. The highest BCUT2D eigenvalue weighted by molar-refractivity contribution is 5.75. The van der Waals surface area contributed by atoms with Gasteiger partial charge in [-0.15, -0.1) is 0 Å². The van der Waals surface area contributed by atoms with Crippen molar-refractivity contribution >= 4 is 5.97 Å². The molecular formula is C17H25NO2. The predicted octanol–water partition coefficient (Wildman–Crippen LogP) is 2.94. The van der Waals surface area contributed by atoms with Gasteiger partial charge in [-0.3, -0.25) is 4.79 Å². The van der Waals surface area contributed by atoms with Crippen LogP contribution in [0.15, 0.2) is 30.3 Å². The van der Waals surface area contributed by atoms with Crippen LogP contribution < -0.4 is 5.32 Å². The van der Waals surface area contributed by atoms with E-state index in [9.17, 15) is 4.79 Å².